The van der Waals surface area contributed by atoms with Crippen molar-refractivity contribution in [3.8, 4) is 0 Å². The Morgan fingerprint density at radius 3 is 2.09 bits per heavy atom. The van der Waals surface area contributed by atoms with Gasteiger partial charge in [0.15, 0.2) is 0 Å². The molecule has 0 aromatic carbocycles. The van der Waals surface area contributed by atoms with E-state index in [1.807, 2.05) is 0 Å². The van der Waals surface area contributed by atoms with Crippen molar-refractivity contribution >= 4 is 8.07 Å². The van der Waals surface area contributed by atoms with Crippen LogP contribution in [0.4, 0.5) is 0 Å². The van der Waals surface area contributed by atoms with Gasteiger partial charge in [0.1, 0.15) is 0 Å². The standard InChI is InChI=1S/C21H38Si/c1-15-14-17-9-5-7-11-19(17)21(15)22(2,3)20-13-12-16-8-4-6-10-18(16)20/h15-21H,4-14H2,1-3H3. The minimum absolute atomic E-state index is 1.05. The molecule has 4 aliphatic carbocycles. The van der Waals surface area contributed by atoms with E-state index in [0.29, 0.717) is 0 Å². The topological polar surface area (TPSA) is 0 Å². The largest absolute Gasteiger partial charge is 0.0689 e. The molecule has 4 rings (SSSR count). The molecular weight excluding hydrogens is 280 g/mol. The van der Waals surface area contributed by atoms with Crippen LogP contribution in [0.2, 0.25) is 24.2 Å². The lowest BCUT2D eigenvalue weighted by atomic mass is 9.81. The zero-order valence-electron chi connectivity index (χ0n) is 15.3. The van der Waals surface area contributed by atoms with Gasteiger partial charge in [-0.15, -0.1) is 0 Å². The molecular formula is C21H38Si. The van der Waals surface area contributed by atoms with E-state index in [1.165, 1.54) is 17.5 Å². The molecule has 0 heterocycles. The SMILES string of the molecule is CC1CC2CCCCC2C1[Si](C)(C)C1CCC2CCCCC21. The minimum atomic E-state index is -1.12. The Hall–Kier alpha value is 0.217. The van der Waals surface area contributed by atoms with Crippen molar-refractivity contribution < 1.29 is 0 Å². The molecule has 1 heteroatoms. The summed E-state index contributed by atoms with van der Waals surface area (Å²) < 4.78 is 0. The Morgan fingerprint density at radius 2 is 1.32 bits per heavy atom. The van der Waals surface area contributed by atoms with Crippen LogP contribution in [-0.2, 0) is 0 Å². The van der Waals surface area contributed by atoms with Gasteiger partial charge in [-0.1, -0.05) is 84.2 Å². The molecule has 0 aliphatic heterocycles. The highest BCUT2D eigenvalue weighted by Gasteiger charge is 2.55. The molecule has 0 N–H and O–H groups in total. The van der Waals surface area contributed by atoms with Crippen molar-refractivity contribution in [2.75, 3.05) is 0 Å². The zero-order chi connectivity index (χ0) is 15.3. The maximum Gasteiger partial charge on any atom is 0.0544 e. The smallest absolute Gasteiger partial charge is 0.0544 e. The van der Waals surface area contributed by atoms with Gasteiger partial charge in [0.05, 0.1) is 8.07 Å². The highest BCUT2D eigenvalue weighted by Crippen LogP contribution is 2.63. The summed E-state index contributed by atoms with van der Waals surface area (Å²) in [6, 6.07) is 0. The van der Waals surface area contributed by atoms with E-state index in [9.17, 15) is 0 Å². The van der Waals surface area contributed by atoms with Gasteiger partial charge in [-0.3, -0.25) is 0 Å². The Balaban J connectivity index is 1.57. The van der Waals surface area contributed by atoms with Crippen LogP contribution < -0.4 is 0 Å². The molecule has 0 bridgehead atoms. The Bertz CT molecular complexity index is 401. The lowest BCUT2D eigenvalue weighted by Gasteiger charge is -2.46. The average molecular weight is 319 g/mol. The highest BCUT2D eigenvalue weighted by atomic mass is 28.3. The predicted octanol–water partition coefficient (Wildman–Crippen LogP) is 6.88. The second-order valence-electron chi connectivity index (χ2n) is 10.2. The number of rotatable bonds is 2. The van der Waals surface area contributed by atoms with E-state index in [2.05, 4.69) is 20.0 Å². The molecule has 0 spiro atoms. The van der Waals surface area contributed by atoms with Crippen LogP contribution in [0.25, 0.3) is 0 Å². The molecule has 126 valence electrons. The third kappa shape index (κ3) is 2.45. The Labute approximate surface area is 139 Å². The molecule has 0 aromatic heterocycles. The Kier molecular flexibility index (Phi) is 4.24. The molecule has 7 atom stereocenters. The first-order chi connectivity index (χ1) is 10.6. The molecule has 7 unspecified atom stereocenters. The van der Waals surface area contributed by atoms with Gasteiger partial charge < -0.3 is 0 Å². The van der Waals surface area contributed by atoms with Gasteiger partial charge in [0.2, 0.25) is 0 Å². The summed E-state index contributed by atoms with van der Waals surface area (Å²) in [6.07, 6.45) is 17.3. The van der Waals surface area contributed by atoms with Gasteiger partial charge in [0.25, 0.3) is 0 Å². The summed E-state index contributed by atoms with van der Waals surface area (Å²) in [6.45, 7) is 8.32. The van der Waals surface area contributed by atoms with Gasteiger partial charge in [-0.25, -0.2) is 0 Å². The first-order valence-corrected chi connectivity index (χ1v) is 13.7. The molecule has 4 saturated carbocycles. The van der Waals surface area contributed by atoms with Crippen LogP contribution in [0, 0.1) is 29.6 Å². The summed E-state index contributed by atoms with van der Waals surface area (Å²) in [4.78, 5) is 0. The third-order valence-electron chi connectivity index (χ3n) is 8.86. The number of hydrogen-bond donors (Lipinski definition) is 0. The lowest BCUT2D eigenvalue weighted by molar-refractivity contribution is 0.262. The fraction of sp³-hybridized carbons (Fsp3) is 1.00. The lowest BCUT2D eigenvalue weighted by Crippen LogP contribution is -2.45. The van der Waals surface area contributed by atoms with Gasteiger partial charge in [-0.2, -0.15) is 0 Å². The fourth-order valence-corrected chi connectivity index (χ4v) is 14.3. The molecule has 4 fully saturated rings. The van der Waals surface area contributed by atoms with E-state index >= 15 is 0 Å². The summed E-state index contributed by atoms with van der Waals surface area (Å²) in [5.74, 6) is 5.63. The van der Waals surface area contributed by atoms with Gasteiger partial charge in [-0.05, 0) is 47.1 Å². The van der Waals surface area contributed by atoms with Crippen LogP contribution in [0.5, 0.6) is 0 Å². The average Bonchev–Trinajstić information content (AvgIpc) is 3.07. The normalized spacial score (nSPS) is 49.0. The van der Waals surface area contributed by atoms with Crippen molar-refractivity contribution in [2.45, 2.75) is 102 Å². The van der Waals surface area contributed by atoms with Gasteiger partial charge in [0, 0.05) is 0 Å². The summed E-state index contributed by atoms with van der Waals surface area (Å²) >= 11 is 0. The molecule has 0 saturated heterocycles. The first kappa shape index (κ1) is 15.7. The maximum absolute atomic E-state index is 2.84. The number of fused-ring (bicyclic) bond motifs is 2. The maximum atomic E-state index is 2.84. The van der Waals surface area contributed by atoms with E-state index in [0.717, 1.165) is 29.6 Å². The van der Waals surface area contributed by atoms with E-state index in [-0.39, 0.29) is 0 Å². The van der Waals surface area contributed by atoms with Gasteiger partial charge >= 0.3 is 0 Å². The molecule has 22 heavy (non-hydrogen) atoms. The second-order valence-corrected chi connectivity index (χ2v) is 15.2. The molecule has 4 aliphatic rings. The quantitative estimate of drug-likeness (QED) is 0.487. The van der Waals surface area contributed by atoms with Crippen LogP contribution in [0.15, 0.2) is 0 Å². The second kappa shape index (κ2) is 5.94. The third-order valence-corrected chi connectivity index (χ3v) is 14.2. The van der Waals surface area contributed by atoms with Crippen molar-refractivity contribution in [2.24, 2.45) is 29.6 Å². The van der Waals surface area contributed by atoms with Crippen molar-refractivity contribution in [3.05, 3.63) is 0 Å². The van der Waals surface area contributed by atoms with Crippen molar-refractivity contribution in [3.63, 3.8) is 0 Å². The van der Waals surface area contributed by atoms with E-state index in [1.54, 1.807) is 64.2 Å². The fourth-order valence-electron chi connectivity index (χ4n) is 8.24. The molecule has 0 amide bonds. The summed E-state index contributed by atoms with van der Waals surface area (Å²) in [7, 11) is -1.12. The van der Waals surface area contributed by atoms with Crippen LogP contribution in [0.3, 0.4) is 0 Å². The van der Waals surface area contributed by atoms with Crippen LogP contribution >= 0.6 is 0 Å². The van der Waals surface area contributed by atoms with Crippen molar-refractivity contribution in [1.29, 1.82) is 0 Å². The van der Waals surface area contributed by atoms with Crippen molar-refractivity contribution in [1.82, 2.24) is 0 Å². The monoisotopic (exact) mass is 318 g/mol. The molecule has 0 aromatic rings. The predicted molar refractivity (Wildman–Crippen MR) is 98.9 cm³/mol. The first-order valence-electron chi connectivity index (χ1n) is 10.6. The van der Waals surface area contributed by atoms with E-state index in [4.69, 9.17) is 0 Å². The van der Waals surface area contributed by atoms with E-state index < -0.39 is 8.07 Å². The summed E-state index contributed by atoms with van der Waals surface area (Å²) in [5, 5.41) is 0. The zero-order valence-corrected chi connectivity index (χ0v) is 16.3. The minimum Gasteiger partial charge on any atom is -0.0689 e. The van der Waals surface area contributed by atoms with Crippen LogP contribution in [0.1, 0.15) is 77.6 Å². The highest BCUT2D eigenvalue weighted by molar-refractivity contribution is 6.80. The van der Waals surface area contributed by atoms with Crippen LogP contribution in [-0.4, -0.2) is 8.07 Å². The number of hydrogen-bond acceptors (Lipinski definition) is 0. The Morgan fingerprint density at radius 1 is 0.682 bits per heavy atom. The molecule has 0 radical (unpaired) electrons. The summed E-state index contributed by atoms with van der Waals surface area (Å²) in [5.41, 5.74) is 2.36. The molecule has 0 nitrogen and oxygen atoms in total.